The zero-order valence-corrected chi connectivity index (χ0v) is 8.32. The smallest absolute Gasteiger partial charge is 0.307 e. The van der Waals surface area contributed by atoms with Crippen LogP contribution < -0.4 is 0 Å². The highest BCUT2D eigenvalue weighted by Gasteiger charge is 2.14. The topological polar surface area (TPSA) is 81.3 Å². The van der Waals surface area contributed by atoms with E-state index < -0.39 is 5.97 Å². The Morgan fingerprint density at radius 1 is 1.53 bits per heavy atom. The van der Waals surface area contributed by atoms with E-state index in [4.69, 9.17) is 10.4 Å². The van der Waals surface area contributed by atoms with Crippen molar-refractivity contribution >= 4 is 5.97 Å². The number of rotatable bonds is 3. The lowest BCUT2D eigenvalue weighted by molar-refractivity contribution is -0.136. The van der Waals surface area contributed by atoms with E-state index in [1.807, 2.05) is 13.0 Å². The third-order valence-corrected chi connectivity index (χ3v) is 2.21. The summed E-state index contributed by atoms with van der Waals surface area (Å²) in [6, 6.07) is 4.90. The molecule has 0 aliphatic heterocycles. The number of aromatic hydroxyl groups is 1. The van der Waals surface area contributed by atoms with E-state index in [1.54, 1.807) is 6.07 Å². The average Bonchev–Trinajstić information content (AvgIpc) is 2.18. The molecule has 0 aliphatic carbocycles. The number of carboxylic acids is 1. The van der Waals surface area contributed by atoms with Gasteiger partial charge in [0, 0.05) is 0 Å². The van der Waals surface area contributed by atoms with E-state index in [0.717, 1.165) is 5.56 Å². The molecule has 0 fully saturated rings. The predicted octanol–water partition coefficient (Wildman–Crippen LogP) is 1.45. The maximum Gasteiger partial charge on any atom is 0.307 e. The van der Waals surface area contributed by atoms with Gasteiger partial charge in [0.05, 0.1) is 12.0 Å². The van der Waals surface area contributed by atoms with Crippen LogP contribution in [0, 0.1) is 11.3 Å². The minimum atomic E-state index is -1.01. The summed E-state index contributed by atoms with van der Waals surface area (Å²) in [5.74, 6) is -1.17. The number of nitrogens with zero attached hydrogens (tertiary/aromatic N) is 1. The summed E-state index contributed by atoms with van der Waals surface area (Å²) in [4.78, 5) is 10.6. The quantitative estimate of drug-likeness (QED) is 0.782. The molecule has 0 unspecified atom stereocenters. The molecule has 78 valence electrons. The molecular formula is C11H11NO3. The standard InChI is InChI=1S/C11H11NO3/c1-2-7-3-4-10(13)9(6-12)8(7)5-11(14)15/h3-4,13H,2,5H2,1H3,(H,14,15). The van der Waals surface area contributed by atoms with E-state index >= 15 is 0 Å². The molecule has 0 heterocycles. The van der Waals surface area contributed by atoms with Gasteiger partial charge >= 0.3 is 5.97 Å². The van der Waals surface area contributed by atoms with E-state index in [0.29, 0.717) is 12.0 Å². The number of carbonyl (C=O) groups is 1. The lowest BCUT2D eigenvalue weighted by Gasteiger charge is -2.08. The van der Waals surface area contributed by atoms with E-state index in [1.165, 1.54) is 6.07 Å². The van der Waals surface area contributed by atoms with Gasteiger partial charge in [0.25, 0.3) is 0 Å². The molecule has 1 rings (SSSR count). The third kappa shape index (κ3) is 2.26. The monoisotopic (exact) mass is 205 g/mol. The second kappa shape index (κ2) is 4.47. The van der Waals surface area contributed by atoms with Gasteiger partial charge in [0.2, 0.25) is 0 Å². The fourth-order valence-corrected chi connectivity index (χ4v) is 1.49. The molecule has 0 bridgehead atoms. The molecule has 1 aromatic rings. The van der Waals surface area contributed by atoms with Crippen molar-refractivity contribution in [3.8, 4) is 11.8 Å². The van der Waals surface area contributed by atoms with Crippen LogP contribution in [0.5, 0.6) is 5.75 Å². The van der Waals surface area contributed by atoms with Crippen LogP contribution in [-0.4, -0.2) is 16.2 Å². The number of benzene rings is 1. The van der Waals surface area contributed by atoms with Crippen LogP contribution in [0.1, 0.15) is 23.6 Å². The van der Waals surface area contributed by atoms with Crippen LogP contribution in [0.15, 0.2) is 12.1 Å². The van der Waals surface area contributed by atoms with Crippen molar-refractivity contribution < 1.29 is 15.0 Å². The first kappa shape index (κ1) is 11.1. The number of hydrogen-bond donors (Lipinski definition) is 2. The van der Waals surface area contributed by atoms with Gasteiger partial charge in [-0.15, -0.1) is 0 Å². The summed E-state index contributed by atoms with van der Waals surface area (Å²) in [5.41, 5.74) is 1.26. The van der Waals surface area contributed by atoms with Crippen LogP contribution in [0.2, 0.25) is 0 Å². The minimum absolute atomic E-state index is 0.0664. The van der Waals surface area contributed by atoms with Crippen LogP contribution in [0.3, 0.4) is 0 Å². The molecule has 4 heteroatoms. The fourth-order valence-electron chi connectivity index (χ4n) is 1.49. The number of aliphatic carboxylic acids is 1. The second-order valence-corrected chi connectivity index (χ2v) is 3.13. The first-order valence-electron chi connectivity index (χ1n) is 4.55. The molecule has 0 atom stereocenters. The second-order valence-electron chi connectivity index (χ2n) is 3.13. The molecule has 4 nitrogen and oxygen atoms in total. The molecule has 15 heavy (non-hydrogen) atoms. The summed E-state index contributed by atoms with van der Waals surface area (Å²) in [7, 11) is 0. The molecule has 0 amide bonds. The third-order valence-electron chi connectivity index (χ3n) is 2.21. The molecule has 0 saturated carbocycles. The summed E-state index contributed by atoms with van der Waals surface area (Å²) in [6.45, 7) is 1.87. The highest BCUT2D eigenvalue weighted by molar-refractivity contribution is 5.73. The summed E-state index contributed by atoms with van der Waals surface area (Å²) in [6.07, 6.45) is 0.401. The van der Waals surface area contributed by atoms with Crippen LogP contribution >= 0.6 is 0 Å². The van der Waals surface area contributed by atoms with Crippen molar-refractivity contribution in [2.24, 2.45) is 0 Å². The van der Waals surface area contributed by atoms with Crippen molar-refractivity contribution in [1.82, 2.24) is 0 Å². The minimum Gasteiger partial charge on any atom is -0.507 e. The first-order chi connectivity index (χ1) is 7.10. The molecule has 0 spiro atoms. The molecule has 0 saturated heterocycles. The van der Waals surface area contributed by atoms with Gasteiger partial charge in [-0.2, -0.15) is 5.26 Å². The van der Waals surface area contributed by atoms with Crippen molar-refractivity contribution in [2.45, 2.75) is 19.8 Å². The zero-order chi connectivity index (χ0) is 11.4. The normalized spacial score (nSPS) is 9.60. The molecule has 2 N–H and O–H groups in total. The summed E-state index contributed by atoms with van der Waals surface area (Å²) >= 11 is 0. The molecule has 0 aliphatic rings. The fraction of sp³-hybridized carbons (Fsp3) is 0.273. The van der Waals surface area contributed by atoms with Gasteiger partial charge in [0.1, 0.15) is 11.8 Å². The van der Waals surface area contributed by atoms with Gasteiger partial charge in [0.15, 0.2) is 0 Å². The largest absolute Gasteiger partial charge is 0.507 e. The summed E-state index contributed by atoms with van der Waals surface area (Å²) in [5, 5.41) is 26.9. The van der Waals surface area contributed by atoms with Gasteiger partial charge in [-0.25, -0.2) is 0 Å². The van der Waals surface area contributed by atoms with Crippen molar-refractivity contribution in [3.63, 3.8) is 0 Å². The van der Waals surface area contributed by atoms with Gasteiger partial charge in [-0.1, -0.05) is 13.0 Å². The van der Waals surface area contributed by atoms with Crippen molar-refractivity contribution in [3.05, 3.63) is 28.8 Å². The maximum absolute atomic E-state index is 10.6. The Morgan fingerprint density at radius 3 is 2.67 bits per heavy atom. The Hall–Kier alpha value is -2.02. The van der Waals surface area contributed by atoms with Crippen molar-refractivity contribution in [2.75, 3.05) is 0 Å². The predicted molar refractivity (Wildman–Crippen MR) is 53.5 cm³/mol. The van der Waals surface area contributed by atoms with E-state index in [2.05, 4.69) is 0 Å². The number of nitriles is 1. The molecule has 0 aromatic heterocycles. The van der Waals surface area contributed by atoms with Gasteiger partial charge in [-0.05, 0) is 23.6 Å². The lowest BCUT2D eigenvalue weighted by Crippen LogP contribution is -2.06. The number of phenols is 1. The molecular weight excluding hydrogens is 194 g/mol. The van der Waals surface area contributed by atoms with Crippen LogP contribution in [0.25, 0.3) is 0 Å². The van der Waals surface area contributed by atoms with Crippen LogP contribution in [0.4, 0.5) is 0 Å². The van der Waals surface area contributed by atoms with E-state index in [9.17, 15) is 9.90 Å². The van der Waals surface area contributed by atoms with Crippen molar-refractivity contribution in [1.29, 1.82) is 5.26 Å². The Balaban J connectivity index is 3.35. The highest BCUT2D eigenvalue weighted by Crippen LogP contribution is 2.24. The Kier molecular flexibility index (Phi) is 3.29. The highest BCUT2D eigenvalue weighted by atomic mass is 16.4. The number of phenolic OH excluding ortho intramolecular Hbond substituents is 1. The number of carboxylic acid groups (broad SMARTS) is 1. The number of aryl methyl sites for hydroxylation is 1. The van der Waals surface area contributed by atoms with Crippen LogP contribution in [-0.2, 0) is 17.6 Å². The number of hydrogen-bond acceptors (Lipinski definition) is 3. The average molecular weight is 205 g/mol. The van der Waals surface area contributed by atoms with E-state index in [-0.39, 0.29) is 17.7 Å². The maximum atomic E-state index is 10.6. The Labute approximate surface area is 87.4 Å². The molecule has 0 radical (unpaired) electrons. The van der Waals surface area contributed by atoms with Gasteiger partial charge in [-0.3, -0.25) is 4.79 Å². The summed E-state index contributed by atoms with van der Waals surface area (Å²) < 4.78 is 0. The first-order valence-corrected chi connectivity index (χ1v) is 4.55. The Morgan fingerprint density at radius 2 is 2.20 bits per heavy atom. The van der Waals surface area contributed by atoms with Gasteiger partial charge < -0.3 is 10.2 Å². The Bertz CT molecular complexity index is 432. The molecule has 1 aromatic carbocycles. The lowest BCUT2D eigenvalue weighted by atomic mass is 9.96. The SMILES string of the molecule is CCc1ccc(O)c(C#N)c1CC(=O)O. The zero-order valence-electron chi connectivity index (χ0n) is 8.32.